The highest BCUT2D eigenvalue weighted by molar-refractivity contribution is 7.90. The first-order valence-corrected chi connectivity index (χ1v) is 34.0. The third-order valence-corrected chi connectivity index (χ3v) is 18.7. The van der Waals surface area contributed by atoms with Crippen molar-refractivity contribution in [3.8, 4) is 23.0 Å². The predicted molar refractivity (Wildman–Crippen MR) is 347 cm³/mol. The molecule has 10 bridgehead atoms. The minimum absolute atomic E-state index is 0.0185. The number of rotatable bonds is 16. The first-order valence-electron chi connectivity index (χ1n) is 31.0. The zero-order valence-corrected chi connectivity index (χ0v) is 55.5. The molecule has 0 fully saturated rings. The van der Waals surface area contributed by atoms with Gasteiger partial charge in [-0.2, -0.15) is 0 Å². The van der Waals surface area contributed by atoms with E-state index >= 15 is 0 Å². The minimum atomic E-state index is -4.04. The Hall–Kier alpha value is -6.72. The lowest BCUT2D eigenvalue weighted by Crippen LogP contribution is -2.30. The molecular weight excluding hydrogens is 1150 g/mol. The SMILES string of the molecule is CC(C)(C)c1cc2c(OCCCCC(=O)NS(=O)(=O)c3ccccc3)c(c1)Cc1cc(C(C)(C)C)cc3c1OCCOCCOCCOc1c(cc(C(C)(C)C)cc1C3)Cc1cc(C(C)(C)C)cc(c1OCCCCC(=O)NS(=O)(=O)c1ccccc1)C2. The number of hydrogen-bond acceptors (Lipinski definition) is 12. The fourth-order valence-electron chi connectivity index (χ4n) is 10.9. The number of fused-ring (bicyclic) bond motifs is 4. The van der Waals surface area contributed by atoms with Crippen LogP contribution in [0, 0.1) is 0 Å². The number of ether oxygens (including phenoxy) is 6. The van der Waals surface area contributed by atoms with Crippen molar-refractivity contribution >= 4 is 31.9 Å². The van der Waals surface area contributed by atoms with Crippen LogP contribution < -0.4 is 28.4 Å². The van der Waals surface area contributed by atoms with Crippen molar-refractivity contribution in [3.05, 3.63) is 176 Å². The maximum Gasteiger partial charge on any atom is 0.264 e. The second-order valence-electron chi connectivity index (χ2n) is 27.4. The van der Waals surface area contributed by atoms with Gasteiger partial charge in [0.2, 0.25) is 11.8 Å². The normalized spacial score (nSPS) is 14.6. The summed E-state index contributed by atoms with van der Waals surface area (Å²) >= 11 is 0. The number of nitrogens with one attached hydrogen (secondary N) is 2. The standard InChI is InChI=1S/C72H92N2O12S2/c1-69(2,3)57-41-49-37-50-42-58(70(4,5)6)44-52(66(50)84-30-22-20-28-64(76)74-88(79,80)62-25-17-14-18-26-62)39-54-46-60(72(10,11)12)48-56-40-55-47-59(71(7,8)9)45-53(67(55)85-35-33-81-31-32-82-34-36-86-68(54)56)38-51(43-57)65(49)83-29-21-19-27-63(75)73-87(77,78)61-23-15-13-16-24-61/h13-18,23-26,41-48H,19-22,27-40H2,1-12H3,(H,73,75)(H,74,76). The molecule has 6 aromatic carbocycles. The maximum absolute atomic E-state index is 13.2. The molecule has 16 heteroatoms. The van der Waals surface area contributed by atoms with Crippen molar-refractivity contribution < 1.29 is 54.8 Å². The first-order chi connectivity index (χ1) is 41.5. The minimum Gasteiger partial charge on any atom is -0.493 e. The molecule has 2 amide bonds. The van der Waals surface area contributed by atoms with Crippen LogP contribution in [0.15, 0.2) is 119 Å². The molecule has 0 spiro atoms. The molecule has 88 heavy (non-hydrogen) atoms. The number of amides is 2. The average molecular weight is 1240 g/mol. The van der Waals surface area contributed by atoms with Gasteiger partial charge in [0, 0.05) is 38.5 Å². The summed E-state index contributed by atoms with van der Waals surface area (Å²) < 4.78 is 97.4. The molecule has 0 saturated heterocycles. The van der Waals surface area contributed by atoms with Crippen LogP contribution >= 0.6 is 0 Å². The van der Waals surface area contributed by atoms with Crippen molar-refractivity contribution in [1.82, 2.24) is 9.44 Å². The second-order valence-corrected chi connectivity index (χ2v) is 30.8. The van der Waals surface area contributed by atoms with Crippen LogP contribution in [0.25, 0.3) is 0 Å². The summed E-state index contributed by atoms with van der Waals surface area (Å²) in [6.45, 7) is 29.3. The quantitative estimate of drug-likeness (QED) is 0.0875. The lowest BCUT2D eigenvalue weighted by Gasteiger charge is -2.29. The maximum atomic E-state index is 13.2. The van der Waals surface area contributed by atoms with Crippen molar-refractivity contribution in [2.45, 2.75) is 179 Å². The molecule has 6 aromatic rings. The van der Waals surface area contributed by atoms with E-state index in [9.17, 15) is 26.4 Å². The van der Waals surface area contributed by atoms with Gasteiger partial charge in [-0.15, -0.1) is 0 Å². The monoisotopic (exact) mass is 1240 g/mol. The zero-order valence-electron chi connectivity index (χ0n) is 53.8. The number of carbonyl (C=O) groups is 2. The highest BCUT2D eigenvalue weighted by atomic mass is 32.2. The van der Waals surface area contributed by atoms with E-state index < -0.39 is 31.9 Å². The van der Waals surface area contributed by atoms with Gasteiger partial charge in [0.25, 0.3) is 20.0 Å². The van der Waals surface area contributed by atoms with Crippen molar-refractivity contribution in [3.63, 3.8) is 0 Å². The summed E-state index contributed by atoms with van der Waals surface area (Å²) in [5, 5.41) is 0. The van der Waals surface area contributed by atoms with Crippen molar-refractivity contribution in [1.29, 1.82) is 0 Å². The molecule has 2 N–H and O–H groups in total. The lowest BCUT2D eigenvalue weighted by molar-refractivity contribution is -0.120. The Morgan fingerprint density at radius 3 is 0.977 bits per heavy atom. The van der Waals surface area contributed by atoms with E-state index in [-0.39, 0.29) is 57.5 Å². The summed E-state index contributed by atoms with van der Waals surface area (Å²) in [4.78, 5) is 26.5. The number of hydrogen-bond donors (Lipinski definition) is 2. The van der Waals surface area contributed by atoms with Crippen LogP contribution in [0.4, 0.5) is 0 Å². The van der Waals surface area contributed by atoms with Gasteiger partial charge in [-0.1, -0.05) is 168 Å². The Morgan fingerprint density at radius 1 is 0.398 bits per heavy atom. The number of carbonyl (C=O) groups excluding carboxylic acids is 2. The summed E-state index contributed by atoms with van der Waals surface area (Å²) in [5.41, 5.74) is 11.1. The van der Waals surface area contributed by atoms with Gasteiger partial charge in [-0.3, -0.25) is 9.59 Å². The van der Waals surface area contributed by atoms with Gasteiger partial charge >= 0.3 is 0 Å². The van der Waals surface area contributed by atoms with Gasteiger partial charge in [0.1, 0.15) is 36.2 Å². The zero-order chi connectivity index (χ0) is 63.7. The molecule has 0 atom stereocenters. The van der Waals surface area contributed by atoms with E-state index in [1.54, 1.807) is 36.4 Å². The van der Waals surface area contributed by atoms with E-state index in [0.717, 1.165) is 78.3 Å². The third-order valence-electron chi connectivity index (χ3n) is 16.0. The topological polar surface area (TPSA) is 182 Å². The van der Waals surface area contributed by atoms with E-state index in [2.05, 4.69) is 141 Å². The van der Waals surface area contributed by atoms with E-state index in [1.807, 2.05) is 0 Å². The second kappa shape index (κ2) is 28.4. The van der Waals surface area contributed by atoms with Crippen LogP contribution in [-0.2, 0) is 86.5 Å². The van der Waals surface area contributed by atoms with Crippen LogP contribution in [0.2, 0.25) is 0 Å². The first kappa shape index (κ1) is 67.2. The molecule has 14 nitrogen and oxygen atoms in total. The molecule has 0 unspecified atom stereocenters. The number of unbranched alkanes of at least 4 members (excludes halogenated alkanes) is 2. The summed E-state index contributed by atoms with van der Waals surface area (Å²) in [6.07, 6.45) is 3.33. The molecule has 2 aliphatic rings. The molecular formula is C72H92N2O12S2. The van der Waals surface area contributed by atoms with E-state index in [0.29, 0.717) is 103 Å². The summed E-state index contributed by atoms with van der Waals surface area (Å²) in [5.74, 6) is 1.77. The van der Waals surface area contributed by atoms with Gasteiger partial charge in [0.05, 0.1) is 49.4 Å². The van der Waals surface area contributed by atoms with Gasteiger partial charge in [-0.05, 0) is 138 Å². The van der Waals surface area contributed by atoms with Crippen LogP contribution in [0.3, 0.4) is 0 Å². The Morgan fingerprint density at radius 2 is 0.670 bits per heavy atom. The molecule has 1 aliphatic heterocycles. The molecule has 474 valence electrons. The van der Waals surface area contributed by atoms with Crippen LogP contribution in [0.1, 0.15) is 188 Å². The molecule has 8 rings (SSSR count). The Labute approximate surface area is 523 Å². The third kappa shape index (κ3) is 18.0. The van der Waals surface area contributed by atoms with Crippen molar-refractivity contribution in [2.75, 3.05) is 52.9 Å². The van der Waals surface area contributed by atoms with E-state index in [4.69, 9.17) is 28.4 Å². The number of sulfonamides is 2. The Balaban J connectivity index is 1.30. The summed E-state index contributed by atoms with van der Waals surface area (Å²) in [7, 11) is -8.08. The van der Waals surface area contributed by atoms with Crippen LogP contribution in [-0.4, -0.2) is 81.5 Å². The Kier molecular flexibility index (Phi) is 21.7. The average Bonchev–Trinajstić information content (AvgIpc) is 1.58. The van der Waals surface area contributed by atoms with Crippen molar-refractivity contribution in [2.24, 2.45) is 0 Å². The summed E-state index contributed by atoms with van der Waals surface area (Å²) in [6, 6.07) is 33.9. The van der Waals surface area contributed by atoms with E-state index in [1.165, 1.54) is 24.3 Å². The molecule has 1 aliphatic carbocycles. The highest BCUT2D eigenvalue weighted by Gasteiger charge is 2.30. The molecule has 0 aromatic heterocycles. The van der Waals surface area contributed by atoms with Gasteiger partial charge in [-0.25, -0.2) is 26.3 Å². The fraction of sp³-hybridized carbons (Fsp3) is 0.472. The molecule has 0 saturated carbocycles. The molecule has 0 radical (unpaired) electrons. The largest absolute Gasteiger partial charge is 0.493 e. The van der Waals surface area contributed by atoms with Gasteiger partial charge < -0.3 is 28.4 Å². The molecule has 1 heterocycles. The smallest absolute Gasteiger partial charge is 0.264 e. The van der Waals surface area contributed by atoms with Gasteiger partial charge in [0.15, 0.2) is 0 Å². The highest BCUT2D eigenvalue weighted by Crippen LogP contribution is 2.45. The Bertz CT molecular complexity index is 3410. The fourth-order valence-corrected chi connectivity index (χ4v) is 13.0. The predicted octanol–water partition coefficient (Wildman–Crippen LogP) is 13.5. The van der Waals surface area contributed by atoms with Crippen LogP contribution in [0.5, 0.6) is 23.0 Å². The number of benzene rings is 6. The lowest BCUT2D eigenvalue weighted by atomic mass is 9.79.